The van der Waals surface area contributed by atoms with Gasteiger partial charge in [-0.3, -0.25) is 9.59 Å². The van der Waals surface area contributed by atoms with Gasteiger partial charge in [-0.15, -0.1) is 0 Å². The van der Waals surface area contributed by atoms with Crippen molar-refractivity contribution >= 4 is 41.1 Å². The van der Waals surface area contributed by atoms with Gasteiger partial charge in [0.1, 0.15) is 0 Å². The summed E-state index contributed by atoms with van der Waals surface area (Å²) in [7, 11) is 0. The van der Waals surface area contributed by atoms with Crippen LogP contribution in [0, 0.1) is 5.92 Å². The Kier molecular flexibility index (Phi) is 6.46. The molecule has 32 heavy (non-hydrogen) atoms. The number of benzene rings is 2. The van der Waals surface area contributed by atoms with Crippen molar-refractivity contribution < 1.29 is 14.3 Å². The number of hydrogen-bond donors (Lipinski definition) is 2. The number of halogens is 1. The molecule has 2 aromatic carbocycles. The molecule has 0 saturated carbocycles. The van der Waals surface area contributed by atoms with Crippen LogP contribution in [-0.2, 0) is 27.5 Å². The van der Waals surface area contributed by atoms with E-state index in [9.17, 15) is 9.59 Å². The van der Waals surface area contributed by atoms with Gasteiger partial charge in [0.15, 0.2) is 12.4 Å². The third kappa shape index (κ3) is 5.30. The second-order valence-electron chi connectivity index (χ2n) is 7.30. The molecule has 4 rings (SSSR count). The number of ether oxygens (including phenoxy) is 1. The predicted molar refractivity (Wildman–Crippen MR) is 119 cm³/mol. The fourth-order valence-electron chi connectivity index (χ4n) is 3.38. The average Bonchev–Trinajstić information content (AvgIpc) is 3.14. The van der Waals surface area contributed by atoms with Crippen molar-refractivity contribution in [1.82, 2.24) is 19.9 Å². The third-order valence-electron chi connectivity index (χ3n) is 4.94. The molecule has 1 aliphatic heterocycles. The minimum atomic E-state index is -0.564. The maximum absolute atomic E-state index is 12.5. The number of carbonyl (C=O) groups excluding carboxylic acids is 2. The number of nitrogens with one attached hydrogen (secondary N) is 1. The first kappa shape index (κ1) is 21.5. The highest BCUT2D eigenvalue weighted by Gasteiger charge is 2.35. The van der Waals surface area contributed by atoms with Crippen LogP contribution in [0.15, 0.2) is 54.6 Å². The number of esters is 1. The van der Waals surface area contributed by atoms with E-state index in [0.717, 1.165) is 11.3 Å². The zero-order chi connectivity index (χ0) is 22.5. The van der Waals surface area contributed by atoms with Crippen molar-refractivity contribution in [2.75, 3.05) is 17.6 Å². The monoisotopic (exact) mass is 452 g/mol. The summed E-state index contributed by atoms with van der Waals surface area (Å²) in [5.74, 6) is -0.710. The van der Waals surface area contributed by atoms with E-state index in [4.69, 9.17) is 22.1 Å². The number of nitrogens with two attached hydrogens (primary N) is 1. The fourth-order valence-corrected chi connectivity index (χ4v) is 3.57. The van der Waals surface area contributed by atoms with Crippen molar-refractivity contribution in [2.45, 2.75) is 19.6 Å². The summed E-state index contributed by atoms with van der Waals surface area (Å²) in [5, 5.41) is 3.60. The molecule has 1 fully saturated rings. The number of nitrogen functional groups attached to an aromatic ring is 1. The predicted octanol–water partition coefficient (Wildman–Crippen LogP) is 2.94. The molecule has 0 aliphatic carbocycles. The quantitative estimate of drug-likeness (QED) is 0.524. The Morgan fingerprint density at radius 3 is 2.66 bits per heavy atom. The summed E-state index contributed by atoms with van der Waals surface area (Å²) in [4.78, 5) is 38.8. The van der Waals surface area contributed by atoms with E-state index in [1.807, 2.05) is 48.5 Å². The van der Waals surface area contributed by atoms with Gasteiger partial charge in [-0.25, -0.2) is 0 Å². The first-order valence-corrected chi connectivity index (χ1v) is 10.4. The van der Waals surface area contributed by atoms with Crippen molar-refractivity contribution in [3.8, 4) is 0 Å². The molecule has 1 aliphatic rings. The number of aromatic nitrogens is 3. The van der Waals surface area contributed by atoms with Crippen LogP contribution in [0.5, 0.6) is 0 Å². The van der Waals surface area contributed by atoms with E-state index in [2.05, 4.69) is 20.3 Å². The summed E-state index contributed by atoms with van der Waals surface area (Å²) in [6, 6.07) is 16.6. The lowest BCUT2D eigenvalue weighted by Crippen LogP contribution is -2.26. The van der Waals surface area contributed by atoms with Crippen molar-refractivity contribution in [3.05, 3.63) is 71.0 Å². The van der Waals surface area contributed by atoms with Crippen LogP contribution < -0.4 is 11.1 Å². The van der Waals surface area contributed by atoms with Gasteiger partial charge in [-0.2, -0.15) is 15.0 Å². The number of amides is 1. The Balaban J connectivity index is 1.34. The molecule has 3 N–H and O–H groups in total. The number of carbonyl (C=O) groups is 2. The van der Waals surface area contributed by atoms with E-state index in [1.165, 1.54) is 0 Å². The maximum Gasteiger partial charge on any atom is 0.311 e. The number of hydrogen-bond acceptors (Lipinski definition) is 8. The Labute approximate surface area is 189 Å². The Morgan fingerprint density at radius 2 is 1.88 bits per heavy atom. The lowest BCUT2D eigenvalue weighted by atomic mass is 10.1. The second kappa shape index (κ2) is 9.61. The number of likely N-dealkylation sites (tertiary alicyclic amines) is 1. The van der Waals surface area contributed by atoms with Gasteiger partial charge in [0.25, 0.3) is 0 Å². The van der Waals surface area contributed by atoms with E-state index in [-0.39, 0.29) is 43.2 Å². The smallest absolute Gasteiger partial charge is 0.311 e. The number of para-hydroxylation sites is 1. The van der Waals surface area contributed by atoms with E-state index >= 15 is 0 Å². The molecular weight excluding hydrogens is 432 g/mol. The normalized spacial score (nSPS) is 15.6. The van der Waals surface area contributed by atoms with Crippen LogP contribution in [0.25, 0.3) is 0 Å². The van der Waals surface area contributed by atoms with Crippen LogP contribution in [0.1, 0.15) is 17.8 Å². The molecule has 2 heterocycles. The summed E-state index contributed by atoms with van der Waals surface area (Å²) in [6.45, 7) is 0.439. The topological polar surface area (TPSA) is 123 Å². The van der Waals surface area contributed by atoms with Crippen LogP contribution in [0.2, 0.25) is 5.02 Å². The van der Waals surface area contributed by atoms with Gasteiger partial charge < -0.3 is 20.7 Å². The average molecular weight is 453 g/mol. The standard InChI is InChI=1S/C22H21ClN6O3/c23-17-9-5-4-6-14(17)11-29-12-15(10-19(29)30)20(31)32-13-18-26-21(24)28-22(27-18)25-16-7-2-1-3-8-16/h1-9,15H,10-13H2,(H3,24,25,26,27,28). The van der Waals surface area contributed by atoms with Crippen molar-refractivity contribution in [3.63, 3.8) is 0 Å². The van der Waals surface area contributed by atoms with E-state index in [1.54, 1.807) is 11.0 Å². The summed E-state index contributed by atoms with van der Waals surface area (Å²) in [6.07, 6.45) is 0.0867. The van der Waals surface area contributed by atoms with Gasteiger partial charge in [0, 0.05) is 30.2 Å². The van der Waals surface area contributed by atoms with Crippen LogP contribution in [0.3, 0.4) is 0 Å². The highest BCUT2D eigenvalue weighted by Crippen LogP contribution is 2.24. The fraction of sp³-hybridized carbons (Fsp3) is 0.227. The summed E-state index contributed by atoms with van der Waals surface area (Å²) < 4.78 is 5.36. The Morgan fingerprint density at radius 1 is 1.12 bits per heavy atom. The molecule has 10 heteroatoms. The van der Waals surface area contributed by atoms with Gasteiger partial charge in [0.05, 0.1) is 5.92 Å². The van der Waals surface area contributed by atoms with Crippen molar-refractivity contribution in [1.29, 1.82) is 0 Å². The molecule has 0 bridgehead atoms. The molecule has 1 aromatic heterocycles. The van der Waals surface area contributed by atoms with Crippen molar-refractivity contribution in [2.24, 2.45) is 5.92 Å². The first-order chi connectivity index (χ1) is 15.5. The summed E-state index contributed by atoms with van der Waals surface area (Å²) in [5.41, 5.74) is 7.37. The first-order valence-electron chi connectivity index (χ1n) is 9.98. The molecule has 1 atom stereocenters. The van der Waals surface area contributed by atoms with Crippen LogP contribution in [-0.4, -0.2) is 38.3 Å². The largest absolute Gasteiger partial charge is 0.457 e. The molecule has 9 nitrogen and oxygen atoms in total. The SMILES string of the molecule is Nc1nc(COC(=O)C2CC(=O)N(Cc3ccccc3Cl)C2)nc(Nc2ccccc2)n1. The lowest BCUT2D eigenvalue weighted by Gasteiger charge is -2.17. The Hall–Kier alpha value is -3.72. The molecular formula is C22H21ClN6O3. The van der Waals surface area contributed by atoms with E-state index in [0.29, 0.717) is 11.6 Å². The molecule has 0 radical (unpaired) electrons. The van der Waals surface area contributed by atoms with E-state index < -0.39 is 11.9 Å². The number of anilines is 3. The van der Waals surface area contributed by atoms with Gasteiger partial charge in [-0.05, 0) is 23.8 Å². The second-order valence-corrected chi connectivity index (χ2v) is 7.71. The van der Waals surface area contributed by atoms with Gasteiger partial charge >= 0.3 is 5.97 Å². The third-order valence-corrected chi connectivity index (χ3v) is 5.31. The lowest BCUT2D eigenvalue weighted by molar-refractivity contribution is -0.150. The molecule has 1 saturated heterocycles. The van der Waals surface area contributed by atoms with Gasteiger partial charge in [-0.1, -0.05) is 48.0 Å². The Bertz CT molecular complexity index is 1130. The molecule has 164 valence electrons. The highest BCUT2D eigenvalue weighted by atomic mass is 35.5. The number of rotatable bonds is 7. The van der Waals surface area contributed by atoms with Gasteiger partial charge in [0.2, 0.25) is 17.8 Å². The van der Waals surface area contributed by atoms with Crippen LogP contribution >= 0.6 is 11.6 Å². The summed E-state index contributed by atoms with van der Waals surface area (Å²) >= 11 is 6.18. The molecule has 0 spiro atoms. The molecule has 3 aromatic rings. The zero-order valence-electron chi connectivity index (χ0n) is 17.1. The van der Waals surface area contributed by atoms with Crippen LogP contribution in [0.4, 0.5) is 17.6 Å². The number of nitrogens with zero attached hydrogens (tertiary/aromatic N) is 4. The zero-order valence-corrected chi connectivity index (χ0v) is 17.8. The minimum absolute atomic E-state index is 0.00596. The maximum atomic E-state index is 12.5. The molecule has 1 unspecified atom stereocenters. The minimum Gasteiger partial charge on any atom is -0.457 e. The molecule has 1 amide bonds. The highest BCUT2D eigenvalue weighted by molar-refractivity contribution is 6.31.